The van der Waals surface area contributed by atoms with Gasteiger partial charge < -0.3 is 9.64 Å². The molecule has 0 radical (unpaired) electrons. The minimum Gasteiger partial charge on any atom is -0.457 e. The average Bonchev–Trinajstić information content (AvgIpc) is 3.36. The second kappa shape index (κ2) is 12.5. The van der Waals surface area contributed by atoms with Crippen molar-refractivity contribution in [3.05, 3.63) is 107 Å². The van der Waals surface area contributed by atoms with Gasteiger partial charge in [0.2, 0.25) is 0 Å². The van der Waals surface area contributed by atoms with Crippen LogP contribution in [0.1, 0.15) is 129 Å². The van der Waals surface area contributed by atoms with E-state index in [1.165, 1.54) is 54.4 Å². The first-order valence-electron chi connectivity index (χ1n) is 19.1. The van der Waals surface area contributed by atoms with Crippen molar-refractivity contribution in [2.45, 2.75) is 137 Å². The van der Waals surface area contributed by atoms with Gasteiger partial charge in [0.05, 0.1) is 23.0 Å². The molecule has 1 atom stereocenters. The number of hydrogen-bond donors (Lipinski definition) is 0. The first kappa shape index (κ1) is 35.3. The number of pyridine rings is 1. The Labute approximate surface area is 307 Å². The lowest BCUT2D eigenvalue weighted by Gasteiger charge is -2.47. The largest absolute Gasteiger partial charge is 0.457 e. The van der Waals surface area contributed by atoms with Crippen LogP contribution in [0.2, 0.25) is 0 Å². The van der Waals surface area contributed by atoms with E-state index in [2.05, 4.69) is 159 Å². The first-order chi connectivity index (χ1) is 24.0. The summed E-state index contributed by atoms with van der Waals surface area (Å²) in [5.41, 5.74) is 8.13. The fraction of sp³-hybridized carbons (Fsp3) is 0.478. The molecule has 1 saturated carbocycles. The van der Waals surface area contributed by atoms with Crippen LogP contribution < -0.4 is 9.64 Å². The van der Waals surface area contributed by atoms with Crippen LogP contribution in [0.25, 0.3) is 0 Å². The number of benzene rings is 3. The molecule has 5 heteroatoms. The third kappa shape index (κ3) is 6.36. The Morgan fingerprint density at radius 1 is 0.745 bits per heavy atom. The van der Waals surface area contributed by atoms with Gasteiger partial charge in [-0.3, -0.25) is 9.89 Å². The Balaban J connectivity index is 1.30. The highest BCUT2D eigenvalue weighted by atomic mass is 16.5. The molecule has 0 unspecified atom stereocenters. The fourth-order valence-electron chi connectivity index (χ4n) is 9.28. The Kier molecular flexibility index (Phi) is 8.67. The maximum absolute atomic E-state index is 6.85. The smallest absolute Gasteiger partial charge is 0.137 e. The fourth-order valence-corrected chi connectivity index (χ4v) is 9.28. The highest BCUT2D eigenvalue weighted by Gasteiger charge is 2.50. The van der Waals surface area contributed by atoms with Crippen LogP contribution in [0, 0.1) is 12.3 Å². The average molecular weight is 683 g/mol. The molecule has 1 aromatic heterocycles. The molecule has 268 valence electrons. The number of hydrogen-bond acceptors (Lipinski definition) is 5. The van der Waals surface area contributed by atoms with Crippen LogP contribution in [0.3, 0.4) is 0 Å². The van der Waals surface area contributed by atoms with Crippen LogP contribution in [0.5, 0.6) is 11.5 Å². The van der Waals surface area contributed by atoms with Crippen molar-refractivity contribution in [2.24, 2.45) is 10.4 Å². The van der Waals surface area contributed by atoms with Gasteiger partial charge in [-0.25, -0.2) is 4.98 Å². The Morgan fingerprint density at radius 2 is 1.45 bits per heavy atom. The topological polar surface area (TPSA) is 41.0 Å². The van der Waals surface area contributed by atoms with Gasteiger partial charge >= 0.3 is 0 Å². The number of para-hydroxylation sites is 1. The van der Waals surface area contributed by atoms with Crippen LogP contribution >= 0.6 is 0 Å². The zero-order valence-electron chi connectivity index (χ0n) is 32.9. The van der Waals surface area contributed by atoms with Crippen molar-refractivity contribution < 1.29 is 4.74 Å². The summed E-state index contributed by atoms with van der Waals surface area (Å²) < 4.78 is 6.85. The summed E-state index contributed by atoms with van der Waals surface area (Å²) in [5, 5.41) is 0. The molecule has 1 fully saturated rings. The third-order valence-electron chi connectivity index (χ3n) is 11.6. The van der Waals surface area contributed by atoms with E-state index in [9.17, 15) is 0 Å². The highest BCUT2D eigenvalue weighted by Crippen LogP contribution is 2.53. The van der Waals surface area contributed by atoms with Crippen molar-refractivity contribution in [3.8, 4) is 11.5 Å². The molecule has 4 aromatic rings. The van der Waals surface area contributed by atoms with Crippen molar-refractivity contribution >= 4 is 23.0 Å². The minimum absolute atomic E-state index is 0.00121. The third-order valence-corrected chi connectivity index (χ3v) is 11.6. The molecule has 7 rings (SSSR count). The van der Waals surface area contributed by atoms with E-state index in [0.717, 1.165) is 40.1 Å². The molecule has 0 spiro atoms. The van der Waals surface area contributed by atoms with E-state index < -0.39 is 0 Å². The summed E-state index contributed by atoms with van der Waals surface area (Å²) in [6.45, 7) is 25.4. The van der Waals surface area contributed by atoms with Gasteiger partial charge in [-0.15, -0.1) is 0 Å². The van der Waals surface area contributed by atoms with Gasteiger partial charge in [0.25, 0.3) is 0 Å². The van der Waals surface area contributed by atoms with Gasteiger partial charge in [0, 0.05) is 29.3 Å². The molecular formula is C46H58N4O. The predicted molar refractivity (Wildman–Crippen MR) is 214 cm³/mol. The van der Waals surface area contributed by atoms with E-state index in [1.54, 1.807) is 0 Å². The summed E-state index contributed by atoms with van der Waals surface area (Å²) in [5.74, 6) is 3.69. The molecule has 3 aromatic carbocycles. The number of nitrogens with zero attached hydrogens (tertiary/aromatic N) is 4. The van der Waals surface area contributed by atoms with Gasteiger partial charge in [-0.05, 0) is 109 Å². The summed E-state index contributed by atoms with van der Waals surface area (Å²) in [7, 11) is 0. The zero-order valence-corrected chi connectivity index (χ0v) is 32.9. The number of aryl methyl sites for hydroxylation is 1. The standard InChI is InChI=1S/C46H58N4O/c1-30-25-31(41-48-42(44(5,6)7)46(10,11)50(41)33-17-13-12-14-18-33)27-35(26-30)51-34-21-22-37-39(29-34)49(38-20-16-15-19-36(38)45(37,8)9)40-28-32(23-24-47-40)43(2,3)4/h15-16,19-29,33,42H,12-14,17-18H2,1-11H3/t42-/m1/s1. The molecule has 1 aliphatic carbocycles. The first-order valence-corrected chi connectivity index (χ1v) is 19.1. The van der Waals surface area contributed by atoms with Crippen molar-refractivity contribution in [2.75, 3.05) is 4.90 Å². The molecule has 0 N–H and O–H groups in total. The summed E-state index contributed by atoms with van der Waals surface area (Å²) >= 11 is 0. The maximum atomic E-state index is 6.85. The van der Waals surface area contributed by atoms with Crippen molar-refractivity contribution in [3.63, 3.8) is 0 Å². The summed E-state index contributed by atoms with van der Waals surface area (Å²) in [6, 6.07) is 27.1. The molecule has 0 bridgehead atoms. The lowest BCUT2D eigenvalue weighted by molar-refractivity contribution is 0.0894. The van der Waals surface area contributed by atoms with E-state index >= 15 is 0 Å². The second-order valence-electron chi connectivity index (χ2n) is 18.5. The van der Waals surface area contributed by atoms with E-state index in [0.29, 0.717) is 6.04 Å². The summed E-state index contributed by atoms with van der Waals surface area (Å²) in [6.07, 6.45) is 8.32. The monoisotopic (exact) mass is 682 g/mol. The Hall–Kier alpha value is -4.12. The van der Waals surface area contributed by atoms with Gasteiger partial charge in [0.1, 0.15) is 23.2 Å². The quantitative estimate of drug-likeness (QED) is 0.210. The molecule has 51 heavy (non-hydrogen) atoms. The number of aliphatic imine (C=N–C) groups is 1. The lowest BCUT2D eigenvalue weighted by Crippen LogP contribution is -2.56. The van der Waals surface area contributed by atoms with Gasteiger partial charge in [0.15, 0.2) is 0 Å². The summed E-state index contributed by atoms with van der Waals surface area (Å²) in [4.78, 5) is 15.5. The minimum atomic E-state index is -0.196. The maximum Gasteiger partial charge on any atom is 0.137 e. The molecular weight excluding hydrogens is 625 g/mol. The number of anilines is 3. The van der Waals surface area contributed by atoms with E-state index in [-0.39, 0.29) is 27.8 Å². The SMILES string of the molecule is Cc1cc(Oc2ccc3c(c2)N(c2cc(C(C)(C)C)ccn2)c2ccccc2C3(C)C)cc(C2=N[C@H](C(C)(C)C)C(C)(C)N2C2CCCCC2)c1. The Morgan fingerprint density at radius 3 is 2.16 bits per heavy atom. The Bertz CT molecular complexity index is 1970. The predicted octanol–water partition coefficient (Wildman–Crippen LogP) is 12.2. The number of rotatable bonds is 5. The number of fused-ring (bicyclic) bond motifs is 2. The van der Waals surface area contributed by atoms with Crippen LogP contribution in [0.4, 0.5) is 17.2 Å². The molecule has 3 heterocycles. The van der Waals surface area contributed by atoms with E-state index in [1.807, 2.05) is 6.20 Å². The molecule has 2 aliphatic heterocycles. The van der Waals surface area contributed by atoms with E-state index in [4.69, 9.17) is 14.7 Å². The molecule has 0 amide bonds. The number of aromatic nitrogens is 1. The lowest BCUT2D eigenvalue weighted by atomic mass is 9.73. The zero-order chi connectivity index (χ0) is 36.5. The van der Waals surface area contributed by atoms with Crippen LogP contribution in [-0.2, 0) is 10.8 Å². The van der Waals surface area contributed by atoms with Crippen LogP contribution in [0.15, 0.2) is 84.0 Å². The number of ether oxygens (including phenoxy) is 1. The van der Waals surface area contributed by atoms with Gasteiger partial charge in [-0.2, -0.15) is 0 Å². The van der Waals surface area contributed by atoms with Crippen LogP contribution in [-0.4, -0.2) is 33.3 Å². The normalized spacial score (nSPS) is 20.1. The molecule has 0 saturated heterocycles. The molecule has 5 nitrogen and oxygen atoms in total. The van der Waals surface area contributed by atoms with Crippen molar-refractivity contribution in [1.29, 1.82) is 0 Å². The highest BCUT2D eigenvalue weighted by molar-refractivity contribution is 6.01. The second-order valence-corrected chi connectivity index (χ2v) is 18.5. The van der Waals surface area contributed by atoms with Crippen molar-refractivity contribution in [1.82, 2.24) is 9.88 Å². The molecule has 3 aliphatic rings. The van der Waals surface area contributed by atoms with Gasteiger partial charge in [-0.1, -0.05) is 98.9 Å². The number of amidine groups is 1.